The van der Waals surface area contributed by atoms with Crippen molar-refractivity contribution in [2.75, 3.05) is 50.9 Å². The molecule has 29 heavy (non-hydrogen) atoms. The summed E-state index contributed by atoms with van der Waals surface area (Å²) in [4.78, 5) is 6.72. The minimum atomic E-state index is -3.12. The molecule has 1 saturated heterocycles. The Kier molecular flexibility index (Phi) is 11.3. The van der Waals surface area contributed by atoms with Crippen molar-refractivity contribution >= 4 is 45.6 Å². The van der Waals surface area contributed by atoms with Crippen molar-refractivity contribution in [2.24, 2.45) is 4.99 Å². The molecule has 9 heteroatoms. The van der Waals surface area contributed by atoms with Crippen LogP contribution in [0.15, 0.2) is 29.3 Å². The molecule has 1 aromatic carbocycles. The van der Waals surface area contributed by atoms with E-state index in [-0.39, 0.29) is 35.8 Å². The van der Waals surface area contributed by atoms with Crippen LogP contribution in [-0.2, 0) is 10.0 Å². The number of nitrogens with zero attached hydrogens (tertiary/aromatic N) is 3. The van der Waals surface area contributed by atoms with Gasteiger partial charge in [0.15, 0.2) is 5.96 Å². The summed E-state index contributed by atoms with van der Waals surface area (Å²) in [5.74, 6) is 0.855. The second-order valence-corrected chi connectivity index (χ2v) is 9.59. The lowest BCUT2D eigenvalue weighted by atomic mass is 10.1. The van der Waals surface area contributed by atoms with Crippen LogP contribution in [0.25, 0.3) is 0 Å². The van der Waals surface area contributed by atoms with Gasteiger partial charge < -0.3 is 15.5 Å². The smallest absolute Gasteiger partial charge is 0.213 e. The van der Waals surface area contributed by atoms with E-state index in [0.717, 1.165) is 25.5 Å². The number of guanidine groups is 1. The van der Waals surface area contributed by atoms with Crippen molar-refractivity contribution < 1.29 is 8.42 Å². The third kappa shape index (κ3) is 7.93. The van der Waals surface area contributed by atoms with Crippen LogP contribution in [0.3, 0.4) is 0 Å². The first kappa shape index (κ1) is 26.0. The number of rotatable bonds is 9. The Morgan fingerprint density at radius 1 is 1.31 bits per heavy atom. The molecule has 0 aliphatic carbocycles. The monoisotopic (exact) mass is 537 g/mol. The molecule has 2 N–H and O–H groups in total. The number of hydrogen-bond donors (Lipinski definition) is 2. The number of hydrogen-bond acceptors (Lipinski definition) is 4. The molecule has 0 radical (unpaired) electrons. The molecule has 0 aromatic heterocycles. The normalized spacial score (nSPS) is 15.9. The number of aliphatic imine (C=N–C) groups is 1. The zero-order valence-electron chi connectivity index (χ0n) is 18.0. The van der Waals surface area contributed by atoms with E-state index in [1.54, 1.807) is 21.0 Å². The van der Waals surface area contributed by atoms with Crippen molar-refractivity contribution in [3.63, 3.8) is 0 Å². The van der Waals surface area contributed by atoms with Gasteiger partial charge in [-0.15, -0.1) is 24.0 Å². The van der Waals surface area contributed by atoms with Crippen LogP contribution < -0.4 is 15.5 Å². The fourth-order valence-electron chi connectivity index (χ4n) is 3.32. The largest absolute Gasteiger partial charge is 0.372 e. The Morgan fingerprint density at radius 2 is 2.00 bits per heavy atom. The van der Waals surface area contributed by atoms with Crippen LogP contribution in [0.5, 0.6) is 0 Å². The molecule has 0 amide bonds. The van der Waals surface area contributed by atoms with Crippen molar-refractivity contribution in [1.82, 2.24) is 14.9 Å². The molecule has 166 valence electrons. The van der Waals surface area contributed by atoms with E-state index in [1.165, 1.54) is 28.4 Å². The van der Waals surface area contributed by atoms with Crippen LogP contribution in [0, 0.1) is 0 Å². The van der Waals surface area contributed by atoms with Gasteiger partial charge in [-0.25, -0.2) is 12.7 Å². The summed E-state index contributed by atoms with van der Waals surface area (Å²) in [6.07, 6.45) is 3.25. The van der Waals surface area contributed by atoms with Crippen molar-refractivity contribution in [1.29, 1.82) is 0 Å². The summed E-state index contributed by atoms with van der Waals surface area (Å²) in [5, 5.41) is 6.69. The Hall–Kier alpha value is -1.07. The van der Waals surface area contributed by atoms with Gasteiger partial charge in [0.1, 0.15) is 0 Å². The minimum absolute atomic E-state index is 0. The van der Waals surface area contributed by atoms with E-state index < -0.39 is 10.0 Å². The fraction of sp³-hybridized carbons (Fsp3) is 0.650. The Labute approximate surface area is 193 Å². The summed E-state index contributed by atoms with van der Waals surface area (Å²) in [7, 11) is 0.258. The predicted octanol–water partition coefficient (Wildman–Crippen LogP) is 2.80. The molecule has 1 unspecified atom stereocenters. The highest BCUT2D eigenvalue weighted by molar-refractivity contribution is 14.0. The van der Waals surface area contributed by atoms with Gasteiger partial charge in [-0.2, -0.15) is 0 Å². The van der Waals surface area contributed by atoms with Crippen LogP contribution in [0.2, 0.25) is 0 Å². The zero-order chi connectivity index (χ0) is 20.6. The third-order valence-electron chi connectivity index (χ3n) is 5.20. The average molecular weight is 538 g/mol. The van der Waals surface area contributed by atoms with E-state index >= 15 is 0 Å². The van der Waals surface area contributed by atoms with E-state index in [0.29, 0.717) is 13.1 Å². The molecule has 0 spiro atoms. The van der Waals surface area contributed by atoms with Crippen LogP contribution in [0.4, 0.5) is 5.69 Å². The lowest BCUT2D eigenvalue weighted by molar-refractivity contribution is 0.461. The Bertz CT molecular complexity index is 751. The fourth-order valence-corrected chi connectivity index (χ4v) is 4.17. The molecule has 1 fully saturated rings. The predicted molar refractivity (Wildman–Crippen MR) is 133 cm³/mol. The van der Waals surface area contributed by atoms with Gasteiger partial charge in [0.05, 0.1) is 11.8 Å². The molecular formula is C20H36IN5O2S. The van der Waals surface area contributed by atoms with Crippen molar-refractivity contribution in [3.05, 3.63) is 29.8 Å². The van der Waals surface area contributed by atoms with Crippen LogP contribution >= 0.6 is 24.0 Å². The highest BCUT2D eigenvalue weighted by atomic mass is 127. The first-order chi connectivity index (χ1) is 13.4. The van der Waals surface area contributed by atoms with Crippen LogP contribution in [-0.4, -0.2) is 64.7 Å². The standard InChI is InChI=1S/C20H35N5O2S.HI/c1-5-28(26,27)24(4)13-9-12-22-20(21-3)23-17(2)18-10-8-11-19(16-18)25-14-6-7-15-25;/h8,10-11,16-17H,5-7,9,12-15H2,1-4H3,(H2,21,22,23);1H. The molecule has 1 aliphatic heterocycles. The lowest BCUT2D eigenvalue weighted by Crippen LogP contribution is -2.40. The summed E-state index contributed by atoms with van der Waals surface area (Å²) in [6, 6.07) is 8.80. The first-order valence-electron chi connectivity index (χ1n) is 10.1. The third-order valence-corrected chi connectivity index (χ3v) is 7.06. The molecule has 0 bridgehead atoms. The molecule has 2 rings (SSSR count). The second kappa shape index (κ2) is 12.6. The maximum absolute atomic E-state index is 11.8. The Balaban J connectivity index is 0.00000420. The summed E-state index contributed by atoms with van der Waals surface area (Å²) in [5.41, 5.74) is 2.51. The van der Waals surface area contributed by atoms with Gasteiger partial charge in [0, 0.05) is 46.0 Å². The molecular weight excluding hydrogens is 501 g/mol. The van der Waals surface area contributed by atoms with Gasteiger partial charge in [0.2, 0.25) is 10.0 Å². The van der Waals surface area contributed by atoms with Crippen molar-refractivity contribution in [2.45, 2.75) is 39.2 Å². The molecule has 0 saturated carbocycles. The molecule has 7 nitrogen and oxygen atoms in total. The highest BCUT2D eigenvalue weighted by Gasteiger charge is 2.15. The van der Waals surface area contributed by atoms with Gasteiger partial charge in [-0.3, -0.25) is 4.99 Å². The summed E-state index contributed by atoms with van der Waals surface area (Å²) in [6.45, 7) is 7.21. The SMILES string of the molecule is CCS(=O)(=O)N(C)CCCNC(=NC)NC(C)c1cccc(N2CCCC2)c1.I. The molecule has 1 aromatic rings. The number of sulfonamides is 1. The first-order valence-corrected chi connectivity index (χ1v) is 11.7. The summed E-state index contributed by atoms with van der Waals surface area (Å²) < 4.78 is 25.0. The highest BCUT2D eigenvalue weighted by Crippen LogP contribution is 2.23. The average Bonchev–Trinajstić information content (AvgIpc) is 3.24. The maximum Gasteiger partial charge on any atom is 0.213 e. The number of anilines is 1. The quantitative estimate of drug-likeness (QED) is 0.219. The molecule has 1 aliphatic rings. The van der Waals surface area contributed by atoms with E-state index in [4.69, 9.17) is 0 Å². The van der Waals surface area contributed by atoms with E-state index in [9.17, 15) is 8.42 Å². The Morgan fingerprint density at radius 3 is 2.62 bits per heavy atom. The van der Waals surface area contributed by atoms with Gasteiger partial charge in [-0.1, -0.05) is 12.1 Å². The van der Waals surface area contributed by atoms with Crippen LogP contribution in [0.1, 0.15) is 44.7 Å². The topological polar surface area (TPSA) is 77.0 Å². The summed E-state index contributed by atoms with van der Waals surface area (Å²) >= 11 is 0. The van der Waals surface area contributed by atoms with E-state index in [2.05, 4.69) is 51.7 Å². The maximum atomic E-state index is 11.8. The lowest BCUT2D eigenvalue weighted by Gasteiger charge is -2.22. The number of nitrogens with one attached hydrogen (secondary N) is 2. The number of halogens is 1. The molecule has 1 atom stereocenters. The second-order valence-electron chi connectivity index (χ2n) is 7.23. The number of benzene rings is 1. The van der Waals surface area contributed by atoms with Gasteiger partial charge in [-0.05, 0) is 50.8 Å². The van der Waals surface area contributed by atoms with Gasteiger partial charge in [0.25, 0.3) is 0 Å². The zero-order valence-corrected chi connectivity index (χ0v) is 21.2. The van der Waals surface area contributed by atoms with E-state index in [1.807, 2.05) is 0 Å². The molecule has 1 heterocycles. The van der Waals surface area contributed by atoms with Crippen molar-refractivity contribution in [3.8, 4) is 0 Å². The van der Waals surface area contributed by atoms with Gasteiger partial charge >= 0.3 is 0 Å². The minimum Gasteiger partial charge on any atom is -0.372 e.